The fourth-order valence-corrected chi connectivity index (χ4v) is 2.93. The number of para-hydroxylation sites is 1. The van der Waals surface area contributed by atoms with Crippen molar-refractivity contribution < 1.29 is 18.0 Å². The van der Waals surface area contributed by atoms with E-state index in [1.807, 2.05) is 12.1 Å². The Morgan fingerprint density at radius 3 is 2.64 bits per heavy atom. The number of carbonyl (C=O) groups excluding carboxylic acids is 1. The number of halogens is 3. The third-order valence-electron chi connectivity index (χ3n) is 3.42. The fraction of sp³-hybridized carbons (Fsp3) is 0.222. The highest BCUT2D eigenvalue weighted by atomic mass is 32.2. The van der Waals surface area contributed by atoms with Gasteiger partial charge in [0.25, 0.3) is 0 Å². The van der Waals surface area contributed by atoms with E-state index in [1.165, 1.54) is 30.0 Å². The van der Waals surface area contributed by atoms with Crippen LogP contribution in [0.4, 0.5) is 18.9 Å². The number of rotatable bonds is 5. The molecule has 0 radical (unpaired) electrons. The first-order chi connectivity index (χ1) is 11.8. The Morgan fingerprint density at radius 1 is 1.24 bits per heavy atom. The first-order valence-electron chi connectivity index (χ1n) is 7.39. The number of amides is 1. The molecule has 2 aromatic carbocycles. The Balaban J connectivity index is 2.00. The Hall–Kier alpha value is -2.46. The zero-order valence-electron chi connectivity index (χ0n) is 13.3. The van der Waals surface area contributed by atoms with Gasteiger partial charge in [-0.2, -0.15) is 18.4 Å². The molecule has 2 rings (SSSR count). The Kier molecular flexibility index (Phi) is 6.10. The van der Waals surface area contributed by atoms with Gasteiger partial charge in [-0.3, -0.25) is 4.79 Å². The summed E-state index contributed by atoms with van der Waals surface area (Å²) in [5.74, 6) is -0.0245. The summed E-state index contributed by atoms with van der Waals surface area (Å²) in [6, 6.07) is 13.9. The first-order valence-corrected chi connectivity index (χ1v) is 8.44. The van der Waals surface area contributed by atoms with E-state index in [2.05, 4.69) is 5.32 Å². The number of alkyl halides is 3. The summed E-state index contributed by atoms with van der Waals surface area (Å²) in [4.78, 5) is 12.2. The highest BCUT2D eigenvalue weighted by Gasteiger charge is 2.33. The maximum Gasteiger partial charge on any atom is 0.418 e. The van der Waals surface area contributed by atoms with Crippen LogP contribution in [0, 0.1) is 11.3 Å². The highest BCUT2D eigenvalue weighted by Crippen LogP contribution is 2.34. The number of nitrogens with zero attached hydrogens (tertiary/aromatic N) is 1. The highest BCUT2D eigenvalue weighted by molar-refractivity contribution is 7.99. The van der Waals surface area contributed by atoms with E-state index in [4.69, 9.17) is 5.26 Å². The predicted octanol–water partition coefficient (Wildman–Crippen LogP) is 4.84. The van der Waals surface area contributed by atoms with Crippen molar-refractivity contribution in [2.45, 2.75) is 24.1 Å². The molecule has 130 valence electrons. The summed E-state index contributed by atoms with van der Waals surface area (Å²) >= 11 is 1.29. The maximum absolute atomic E-state index is 13.0. The molecule has 0 heterocycles. The molecule has 25 heavy (non-hydrogen) atoms. The van der Waals surface area contributed by atoms with Crippen LogP contribution in [0.3, 0.4) is 0 Å². The zero-order chi connectivity index (χ0) is 18.4. The van der Waals surface area contributed by atoms with E-state index in [0.717, 1.165) is 11.6 Å². The second kappa shape index (κ2) is 8.08. The van der Waals surface area contributed by atoms with Gasteiger partial charge in [0.15, 0.2) is 0 Å². The predicted molar refractivity (Wildman–Crippen MR) is 92.0 cm³/mol. The number of anilines is 1. The van der Waals surface area contributed by atoms with E-state index in [-0.39, 0.29) is 5.69 Å². The molecule has 7 heteroatoms. The van der Waals surface area contributed by atoms with Crippen molar-refractivity contribution in [2.24, 2.45) is 0 Å². The third-order valence-corrected chi connectivity index (χ3v) is 4.63. The lowest BCUT2D eigenvalue weighted by Gasteiger charge is -2.16. The third kappa shape index (κ3) is 5.26. The Bertz CT molecular complexity index is 799. The summed E-state index contributed by atoms with van der Waals surface area (Å²) in [5, 5.41) is 10.7. The van der Waals surface area contributed by atoms with Gasteiger partial charge < -0.3 is 5.32 Å². The first kappa shape index (κ1) is 18.9. The molecule has 2 aromatic rings. The topological polar surface area (TPSA) is 52.9 Å². The minimum absolute atomic E-state index is 0.251. The summed E-state index contributed by atoms with van der Waals surface area (Å²) in [6.07, 6.45) is -4.53. The number of thioether (sulfide) groups is 1. The van der Waals surface area contributed by atoms with E-state index < -0.39 is 22.9 Å². The van der Waals surface area contributed by atoms with Crippen LogP contribution in [0.25, 0.3) is 0 Å². The molecule has 0 aliphatic heterocycles. The van der Waals surface area contributed by atoms with Gasteiger partial charge in [-0.15, -0.1) is 11.8 Å². The molecular formula is C18H15F3N2OS. The molecule has 3 nitrogen and oxygen atoms in total. The van der Waals surface area contributed by atoms with Gasteiger partial charge in [0.05, 0.1) is 28.1 Å². The monoisotopic (exact) mass is 364 g/mol. The summed E-state index contributed by atoms with van der Waals surface area (Å²) < 4.78 is 38.9. The standard InChI is InChI=1S/C18H15F3N2OS/c1-12(25-11-14-6-4-5-13(9-14)10-22)17(24)23-16-8-3-2-7-15(16)18(19,20)21/h2-9,12H,11H2,1H3,(H,23,24). The van der Waals surface area contributed by atoms with Crippen molar-refractivity contribution in [1.82, 2.24) is 0 Å². The lowest BCUT2D eigenvalue weighted by Crippen LogP contribution is -2.24. The SMILES string of the molecule is CC(SCc1cccc(C#N)c1)C(=O)Nc1ccccc1C(F)(F)F. The van der Waals surface area contributed by atoms with E-state index in [0.29, 0.717) is 11.3 Å². The molecule has 1 amide bonds. The summed E-state index contributed by atoms with van der Waals surface area (Å²) in [6.45, 7) is 1.63. The molecule has 1 unspecified atom stereocenters. The van der Waals surface area contributed by atoms with Crippen molar-refractivity contribution in [3.8, 4) is 6.07 Å². The average Bonchev–Trinajstić information content (AvgIpc) is 2.59. The van der Waals surface area contributed by atoms with Crippen LogP contribution in [0.5, 0.6) is 0 Å². The lowest BCUT2D eigenvalue weighted by atomic mass is 10.1. The molecule has 0 saturated heterocycles. The van der Waals surface area contributed by atoms with Crippen molar-refractivity contribution >= 4 is 23.4 Å². The molecule has 0 aliphatic rings. The van der Waals surface area contributed by atoms with Crippen LogP contribution in [0.2, 0.25) is 0 Å². The molecule has 1 N–H and O–H groups in total. The lowest BCUT2D eigenvalue weighted by molar-refractivity contribution is -0.137. The van der Waals surface area contributed by atoms with Crippen LogP contribution < -0.4 is 5.32 Å². The van der Waals surface area contributed by atoms with Gasteiger partial charge in [-0.25, -0.2) is 0 Å². The summed E-state index contributed by atoms with van der Waals surface area (Å²) in [5.41, 5.74) is 0.273. The number of nitriles is 1. The average molecular weight is 364 g/mol. The van der Waals surface area contributed by atoms with Crippen LogP contribution in [0.15, 0.2) is 48.5 Å². The van der Waals surface area contributed by atoms with Gasteiger partial charge in [0, 0.05) is 5.75 Å². The van der Waals surface area contributed by atoms with Crippen molar-refractivity contribution in [3.63, 3.8) is 0 Å². The normalized spacial score (nSPS) is 12.3. The Morgan fingerprint density at radius 2 is 1.96 bits per heavy atom. The van der Waals surface area contributed by atoms with Crippen LogP contribution >= 0.6 is 11.8 Å². The smallest absolute Gasteiger partial charge is 0.325 e. The van der Waals surface area contributed by atoms with Crippen LogP contribution in [0.1, 0.15) is 23.6 Å². The zero-order valence-corrected chi connectivity index (χ0v) is 14.1. The van der Waals surface area contributed by atoms with Crippen molar-refractivity contribution in [1.29, 1.82) is 5.26 Å². The maximum atomic E-state index is 13.0. The van der Waals surface area contributed by atoms with E-state index in [9.17, 15) is 18.0 Å². The fourth-order valence-electron chi connectivity index (χ4n) is 2.10. The van der Waals surface area contributed by atoms with E-state index in [1.54, 1.807) is 25.1 Å². The number of hydrogen-bond donors (Lipinski definition) is 1. The second-order valence-corrected chi connectivity index (χ2v) is 6.63. The number of hydrogen-bond acceptors (Lipinski definition) is 3. The van der Waals surface area contributed by atoms with Gasteiger partial charge in [0.2, 0.25) is 5.91 Å². The molecule has 1 atom stereocenters. The van der Waals surface area contributed by atoms with Crippen molar-refractivity contribution in [3.05, 3.63) is 65.2 Å². The minimum Gasteiger partial charge on any atom is -0.325 e. The molecular weight excluding hydrogens is 349 g/mol. The van der Waals surface area contributed by atoms with Crippen LogP contribution in [-0.2, 0) is 16.7 Å². The number of carbonyl (C=O) groups is 1. The molecule has 0 aromatic heterocycles. The minimum atomic E-state index is -4.53. The van der Waals surface area contributed by atoms with Gasteiger partial charge in [-0.1, -0.05) is 24.3 Å². The summed E-state index contributed by atoms with van der Waals surface area (Å²) in [7, 11) is 0. The Labute approximate surface area is 147 Å². The van der Waals surface area contributed by atoms with Crippen molar-refractivity contribution in [2.75, 3.05) is 5.32 Å². The second-order valence-electron chi connectivity index (χ2n) is 5.30. The van der Waals surface area contributed by atoms with Gasteiger partial charge in [-0.05, 0) is 36.8 Å². The molecule has 0 spiro atoms. The van der Waals surface area contributed by atoms with Crippen LogP contribution in [-0.4, -0.2) is 11.2 Å². The van der Waals surface area contributed by atoms with Gasteiger partial charge in [0.1, 0.15) is 0 Å². The molecule has 0 saturated carbocycles. The largest absolute Gasteiger partial charge is 0.418 e. The molecule has 0 fully saturated rings. The molecule has 0 aliphatic carbocycles. The quantitative estimate of drug-likeness (QED) is 0.826. The molecule has 0 bridgehead atoms. The van der Waals surface area contributed by atoms with E-state index >= 15 is 0 Å². The number of benzene rings is 2. The van der Waals surface area contributed by atoms with Gasteiger partial charge >= 0.3 is 6.18 Å². The number of nitrogens with one attached hydrogen (secondary N) is 1.